The lowest BCUT2D eigenvalue weighted by atomic mass is 9.93. The summed E-state index contributed by atoms with van der Waals surface area (Å²) in [6, 6.07) is 45.4. The molecule has 0 spiro atoms. The minimum atomic E-state index is 0.575. The van der Waals surface area contributed by atoms with E-state index in [1.807, 2.05) is 66.7 Å². The normalized spacial score (nSPS) is 11.8. The van der Waals surface area contributed by atoms with Gasteiger partial charge in [0.15, 0.2) is 17.5 Å². The minimum Gasteiger partial charge on any atom is -0.456 e. The Labute approximate surface area is 257 Å². The fraction of sp³-hybridized carbons (Fsp3) is 0. The van der Waals surface area contributed by atoms with E-state index in [-0.39, 0.29) is 0 Å². The number of hydrogen-bond donors (Lipinski definition) is 0. The van der Waals surface area contributed by atoms with E-state index in [2.05, 4.69) is 66.7 Å². The van der Waals surface area contributed by atoms with Gasteiger partial charge < -0.3 is 4.42 Å². The van der Waals surface area contributed by atoms with Crippen molar-refractivity contribution in [3.63, 3.8) is 0 Å². The summed E-state index contributed by atoms with van der Waals surface area (Å²) in [4.78, 5) is 15.2. The third-order valence-corrected chi connectivity index (χ3v) is 8.60. The van der Waals surface area contributed by atoms with Gasteiger partial charge in [-0.2, -0.15) is 0 Å². The highest BCUT2D eigenvalue weighted by Crippen LogP contribution is 2.39. The summed E-state index contributed by atoms with van der Waals surface area (Å²) in [6.45, 7) is 0. The van der Waals surface area contributed by atoms with Crippen LogP contribution in [0.25, 0.3) is 88.4 Å². The van der Waals surface area contributed by atoms with Gasteiger partial charge in [0, 0.05) is 32.5 Å². The monoisotopic (exact) mass is 583 g/mol. The first-order chi connectivity index (χ1) is 21.7. The zero-order valence-electron chi connectivity index (χ0n) is 23.3. The van der Waals surface area contributed by atoms with Gasteiger partial charge in [0.05, 0.1) is 0 Å². The zero-order valence-corrected chi connectivity index (χ0v) is 24.1. The first-order valence-electron chi connectivity index (χ1n) is 14.5. The summed E-state index contributed by atoms with van der Waals surface area (Å²) in [5, 5.41) is 9.77. The van der Waals surface area contributed by atoms with E-state index < -0.39 is 0 Å². The zero-order chi connectivity index (χ0) is 29.2. The first kappa shape index (κ1) is 25.0. The third kappa shape index (κ3) is 3.89. The van der Waals surface area contributed by atoms with Crippen LogP contribution in [0, 0.1) is 0 Å². The maximum absolute atomic E-state index is 6.43. The molecule has 9 rings (SSSR count). The molecule has 206 valence electrons. The summed E-state index contributed by atoms with van der Waals surface area (Å²) >= 11 is 6.43. The molecule has 0 aliphatic rings. The van der Waals surface area contributed by atoms with Gasteiger partial charge in [-0.1, -0.05) is 115 Å². The van der Waals surface area contributed by atoms with Crippen LogP contribution in [0.1, 0.15) is 0 Å². The van der Waals surface area contributed by atoms with Crippen molar-refractivity contribution in [2.24, 2.45) is 0 Å². The first-order valence-corrected chi connectivity index (χ1v) is 14.9. The molecule has 0 saturated carbocycles. The lowest BCUT2D eigenvalue weighted by Gasteiger charge is -2.12. The van der Waals surface area contributed by atoms with Crippen molar-refractivity contribution in [2.45, 2.75) is 0 Å². The van der Waals surface area contributed by atoms with Gasteiger partial charge >= 0.3 is 0 Å². The van der Waals surface area contributed by atoms with Crippen molar-refractivity contribution in [1.29, 1.82) is 0 Å². The van der Waals surface area contributed by atoms with Crippen LogP contribution in [0.3, 0.4) is 0 Å². The number of halogens is 1. The van der Waals surface area contributed by atoms with Crippen LogP contribution in [-0.4, -0.2) is 15.0 Å². The van der Waals surface area contributed by atoms with E-state index in [9.17, 15) is 0 Å². The van der Waals surface area contributed by atoms with E-state index in [0.717, 1.165) is 44.0 Å². The average Bonchev–Trinajstić information content (AvgIpc) is 3.46. The van der Waals surface area contributed by atoms with Gasteiger partial charge in [0.1, 0.15) is 11.2 Å². The minimum absolute atomic E-state index is 0.575. The van der Waals surface area contributed by atoms with Crippen molar-refractivity contribution in [3.05, 3.63) is 138 Å². The lowest BCUT2D eigenvalue weighted by Crippen LogP contribution is -2.00. The van der Waals surface area contributed by atoms with Crippen LogP contribution < -0.4 is 0 Å². The lowest BCUT2D eigenvalue weighted by molar-refractivity contribution is 0.669. The van der Waals surface area contributed by atoms with Crippen LogP contribution in [-0.2, 0) is 0 Å². The van der Waals surface area contributed by atoms with E-state index in [1.54, 1.807) is 0 Å². The number of fused-ring (bicyclic) bond motifs is 9. The third-order valence-electron chi connectivity index (χ3n) is 8.37. The highest BCUT2D eigenvalue weighted by Gasteiger charge is 2.18. The van der Waals surface area contributed by atoms with Crippen molar-refractivity contribution >= 4 is 65.9 Å². The fourth-order valence-corrected chi connectivity index (χ4v) is 6.55. The van der Waals surface area contributed by atoms with Gasteiger partial charge in [0.25, 0.3) is 0 Å². The number of benzene rings is 7. The van der Waals surface area contributed by atoms with Gasteiger partial charge in [-0.25, -0.2) is 15.0 Å². The van der Waals surface area contributed by atoms with E-state index in [0.29, 0.717) is 22.5 Å². The Morgan fingerprint density at radius 3 is 1.75 bits per heavy atom. The molecule has 0 radical (unpaired) electrons. The molecule has 0 saturated heterocycles. The number of aromatic nitrogens is 3. The second-order valence-corrected chi connectivity index (χ2v) is 11.4. The predicted octanol–water partition coefficient (Wildman–Crippen LogP) is 10.9. The predicted molar refractivity (Wildman–Crippen MR) is 181 cm³/mol. The van der Waals surface area contributed by atoms with Crippen molar-refractivity contribution in [1.82, 2.24) is 15.0 Å². The quantitative estimate of drug-likeness (QED) is 0.194. The molecule has 4 nitrogen and oxygen atoms in total. The fourth-order valence-electron chi connectivity index (χ4n) is 6.37. The summed E-state index contributed by atoms with van der Waals surface area (Å²) in [6.07, 6.45) is 0. The molecule has 0 atom stereocenters. The Morgan fingerprint density at radius 1 is 0.409 bits per heavy atom. The van der Waals surface area contributed by atoms with Crippen molar-refractivity contribution < 1.29 is 4.42 Å². The highest BCUT2D eigenvalue weighted by molar-refractivity contribution is 6.32. The largest absolute Gasteiger partial charge is 0.456 e. The number of rotatable bonds is 3. The average molecular weight is 584 g/mol. The second-order valence-electron chi connectivity index (χ2n) is 10.9. The SMILES string of the molecule is Clc1ccc2oc3cccc(-c4nc(-c5ccccc5)nc(-c5ccc6c7ccccc7c7ccccc7c6c5)n4)c3c2c1. The summed E-state index contributed by atoms with van der Waals surface area (Å²) in [5.74, 6) is 1.79. The van der Waals surface area contributed by atoms with Crippen LogP contribution >= 0.6 is 11.6 Å². The van der Waals surface area contributed by atoms with Gasteiger partial charge in [-0.15, -0.1) is 0 Å². The van der Waals surface area contributed by atoms with Crippen LogP contribution in [0.15, 0.2) is 138 Å². The number of hydrogen-bond acceptors (Lipinski definition) is 4. The Hall–Kier alpha value is -5.58. The van der Waals surface area contributed by atoms with Crippen molar-refractivity contribution in [2.75, 3.05) is 0 Å². The Kier molecular flexibility index (Phi) is 5.52. The molecule has 0 bridgehead atoms. The Balaban J connectivity index is 1.33. The van der Waals surface area contributed by atoms with E-state index in [1.165, 1.54) is 26.9 Å². The molecule has 0 unspecified atom stereocenters. The molecule has 0 fully saturated rings. The maximum Gasteiger partial charge on any atom is 0.164 e. The van der Waals surface area contributed by atoms with Gasteiger partial charge in [-0.3, -0.25) is 0 Å². The summed E-state index contributed by atoms with van der Waals surface area (Å²) in [5.41, 5.74) is 4.23. The molecule has 0 amide bonds. The molecular formula is C39H22ClN3O. The molecule has 44 heavy (non-hydrogen) atoms. The molecule has 7 aromatic carbocycles. The number of nitrogens with zero attached hydrogens (tertiary/aromatic N) is 3. The van der Waals surface area contributed by atoms with Crippen molar-refractivity contribution in [3.8, 4) is 34.2 Å². The second kappa shape index (κ2) is 9.73. The molecular weight excluding hydrogens is 562 g/mol. The molecule has 0 aliphatic carbocycles. The number of furan rings is 1. The van der Waals surface area contributed by atoms with Crippen LogP contribution in [0.2, 0.25) is 5.02 Å². The van der Waals surface area contributed by atoms with E-state index in [4.69, 9.17) is 31.0 Å². The Morgan fingerprint density at radius 2 is 1.02 bits per heavy atom. The molecule has 0 N–H and O–H groups in total. The molecule has 9 aromatic rings. The van der Waals surface area contributed by atoms with Crippen LogP contribution in [0.4, 0.5) is 0 Å². The topological polar surface area (TPSA) is 51.8 Å². The summed E-state index contributed by atoms with van der Waals surface area (Å²) in [7, 11) is 0. The van der Waals surface area contributed by atoms with E-state index >= 15 is 0 Å². The maximum atomic E-state index is 6.43. The molecule has 0 aliphatic heterocycles. The molecule has 2 heterocycles. The summed E-state index contributed by atoms with van der Waals surface area (Å²) < 4.78 is 6.19. The molecule has 5 heteroatoms. The van der Waals surface area contributed by atoms with Crippen LogP contribution in [0.5, 0.6) is 0 Å². The standard InChI is InChI=1S/C39H22ClN3O/c40-25-18-20-34-33(22-25)36-31(15-8-16-35(36)44-34)39-42-37(23-9-2-1-3-10-23)41-38(43-39)24-17-19-30-28-13-5-4-11-26(28)27-12-6-7-14-29(27)32(30)21-24/h1-22H. The molecule has 2 aromatic heterocycles. The van der Waals surface area contributed by atoms with Gasteiger partial charge in [-0.05, 0) is 62.6 Å². The highest BCUT2D eigenvalue weighted by atomic mass is 35.5. The van der Waals surface area contributed by atoms with Gasteiger partial charge in [0.2, 0.25) is 0 Å². The smallest absolute Gasteiger partial charge is 0.164 e. The Bertz CT molecular complexity index is 2540.